The highest BCUT2D eigenvalue weighted by atomic mass is 79.9. The van der Waals surface area contributed by atoms with Gasteiger partial charge in [0.05, 0.1) is 5.69 Å². The number of nitrogens with zero attached hydrogens (tertiary/aromatic N) is 1. The summed E-state index contributed by atoms with van der Waals surface area (Å²) in [6.07, 6.45) is 3.10. The van der Waals surface area contributed by atoms with Crippen molar-refractivity contribution in [1.29, 1.82) is 0 Å². The SMILES string of the molecule is O=C(C1CC1)N1CCc2cc(Br)cc(Br)c21. The average molecular weight is 345 g/mol. The highest BCUT2D eigenvalue weighted by Gasteiger charge is 2.37. The first-order valence-electron chi connectivity index (χ1n) is 5.46. The van der Waals surface area contributed by atoms with Gasteiger partial charge in [0.25, 0.3) is 0 Å². The number of rotatable bonds is 1. The van der Waals surface area contributed by atoms with E-state index in [1.807, 2.05) is 11.0 Å². The Balaban J connectivity index is 2.01. The second-order valence-electron chi connectivity index (χ2n) is 4.41. The van der Waals surface area contributed by atoms with Crippen LogP contribution in [0.15, 0.2) is 21.1 Å². The molecular weight excluding hydrogens is 334 g/mol. The van der Waals surface area contributed by atoms with Gasteiger partial charge in [-0.05, 0) is 52.9 Å². The summed E-state index contributed by atoms with van der Waals surface area (Å²) in [6.45, 7) is 0.833. The Labute approximate surface area is 111 Å². The van der Waals surface area contributed by atoms with Crippen molar-refractivity contribution in [2.45, 2.75) is 19.3 Å². The lowest BCUT2D eigenvalue weighted by molar-refractivity contribution is -0.119. The lowest BCUT2D eigenvalue weighted by Gasteiger charge is -2.18. The van der Waals surface area contributed by atoms with Gasteiger partial charge in [-0.3, -0.25) is 4.79 Å². The number of amides is 1. The summed E-state index contributed by atoms with van der Waals surface area (Å²) in [4.78, 5) is 14.0. The van der Waals surface area contributed by atoms with E-state index in [1.54, 1.807) is 0 Å². The molecule has 1 aromatic carbocycles. The first-order valence-corrected chi connectivity index (χ1v) is 7.04. The smallest absolute Gasteiger partial charge is 0.230 e. The standard InChI is InChI=1S/C12H11Br2NO/c13-9-5-8-3-4-15(11(8)10(14)6-9)12(16)7-1-2-7/h5-7H,1-4H2. The van der Waals surface area contributed by atoms with Crippen molar-refractivity contribution in [2.24, 2.45) is 5.92 Å². The summed E-state index contributed by atoms with van der Waals surface area (Å²) in [6, 6.07) is 4.12. The lowest BCUT2D eigenvalue weighted by atomic mass is 10.2. The third-order valence-corrected chi connectivity index (χ3v) is 4.24. The van der Waals surface area contributed by atoms with Gasteiger partial charge in [-0.15, -0.1) is 0 Å². The van der Waals surface area contributed by atoms with E-state index >= 15 is 0 Å². The molecule has 0 spiro atoms. The van der Waals surface area contributed by atoms with Gasteiger partial charge in [0.2, 0.25) is 5.91 Å². The fourth-order valence-corrected chi connectivity index (χ4v) is 3.75. The number of anilines is 1. The normalized spacial score (nSPS) is 18.8. The van der Waals surface area contributed by atoms with Crippen LogP contribution in [0, 0.1) is 5.92 Å². The summed E-state index contributed by atoms with van der Waals surface area (Å²) in [5.41, 5.74) is 2.34. The Morgan fingerprint density at radius 2 is 2.06 bits per heavy atom. The molecule has 0 N–H and O–H groups in total. The topological polar surface area (TPSA) is 20.3 Å². The molecule has 1 amide bonds. The van der Waals surface area contributed by atoms with Crippen LogP contribution in [0.3, 0.4) is 0 Å². The molecule has 0 radical (unpaired) electrons. The maximum Gasteiger partial charge on any atom is 0.230 e. The Morgan fingerprint density at radius 1 is 1.31 bits per heavy atom. The van der Waals surface area contributed by atoms with Crippen molar-refractivity contribution in [3.05, 3.63) is 26.6 Å². The molecule has 0 unspecified atom stereocenters. The van der Waals surface area contributed by atoms with Gasteiger partial charge in [0.15, 0.2) is 0 Å². The summed E-state index contributed by atoms with van der Waals surface area (Å²) >= 11 is 7.03. The van der Waals surface area contributed by atoms with Crippen molar-refractivity contribution in [3.8, 4) is 0 Å². The van der Waals surface area contributed by atoms with E-state index in [1.165, 1.54) is 5.56 Å². The largest absolute Gasteiger partial charge is 0.310 e. The summed E-state index contributed by atoms with van der Waals surface area (Å²) in [7, 11) is 0. The number of carbonyl (C=O) groups is 1. The van der Waals surface area contributed by atoms with E-state index in [9.17, 15) is 4.79 Å². The molecule has 3 rings (SSSR count). The quantitative estimate of drug-likeness (QED) is 0.763. The molecule has 2 aliphatic rings. The van der Waals surface area contributed by atoms with Crippen LogP contribution in [0.1, 0.15) is 18.4 Å². The van der Waals surface area contributed by atoms with Crippen LogP contribution < -0.4 is 4.90 Å². The number of carbonyl (C=O) groups excluding carboxylic acids is 1. The maximum absolute atomic E-state index is 12.1. The van der Waals surface area contributed by atoms with Gasteiger partial charge in [-0.1, -0.05) is 15.9 Å². The van der Waals surface area contributed by atoms with Crippen molar-refractivity contribution in [1.82, 2.24) is 0 Å². The third-order valence-electron chi connectivity index (χ3n) is 3.17. The van der Waals surface area contributed by atoms with Crippen LogP contribution in [-0.2, 0) is 11.2 Å². The molecule has 1 aliphatic heterocycles. The molecule has 84 valence electrons. The minimum absolute atomic E-state index is 0.293. The lowest BCUT2D eigenvalue weighted by Crippen LogP contribution is -2.30. The van der Waals surface area contributed by atoms with E-state index < -0.39 is 0 Å². The maximum atomic E-state index is 12.1. The van der Waals surface area contributed by atoms with Gasteiger partial charge >= 0.3 is 0 Å². The second kappa shape index (κ2) is 3.84. The third kappa shape index (κ3) is 1.72. The Bertz CT molecular complexity index is 468. The summed E-state index contributed by atoms with van der Waals surface area (Å²) < 4.78 is 2.09. The zero-order chi connectivity index (χ0) is 11.3. The predicted molar refractivity (Wildman–Crippen MR) is 70.6 cm³/mol. The minimum atomic E-state index is 0.293. The molecule has 0 aromatic heterocycles. The molecule has 4 heteroatoms. The first kappa shape index (κ1) is 10.8. The highest BCUT2D eigenvalue weighted by molar-refractivity contribution is 9.11. The average Bonchev–Trinajstić information content (AvgIpc) is 2.98. The van der Waals surface area contributed by atoms with Gasteiger partial charge in [0.1, 0.15) is 0 Å². The van der Waals surface area contributed by atoms with E-state index in [-0.39, 0.29) is 0 Å². The molecule has 1 heterocycles. The highest BCUT2D eigenvalue weighted by Crippen LogP contribution is 2.41. The van der Waals surface area contributed by atoms with Crippen LogP contribution in [0.4, 0.5) is 5.69 Å². The number of halogens is 2. The number of benzene rings is 1. The fourth-order valence-electron chi connectivity index (χ4n) is 2.23. The molecule has 0 bridgehead atoms. The van der Waals surface area contributed by atoms with Crippen LogP contribution in [-0.4, -0.2) is 12.5 Å². The Hall–Kier alpha value is -0.350. The second-order valence-corrected chi connectivity index (χ2v) is 6.18. The monoisotopic (exact) mass is 343 g/mol. The van der Waals surface area contributed by atoms with Crippen LogP contribution in [0.5, 0.6) is 0 Å². The fraction of sp³-hybridized carbons (Fsp3) is 0.417. The van der Waals surface area contributed by atoms with E-state index in [4.69, 9.17) is 0 Å². The molecule has 1 fully saturated rings. The Kier molecular flexibility index (Phi) is 2.59. The van der Waals surface area contributed by atoms with Crippen molar-refractivity contribution < 1.29 is 4.79 Å². The van der Waals surface area contributed by atoms with Gasteiger partial charge in [-0.25, -0.2) is 0 Å². The molecule has 1 saturated carbocycles. The zero-order valence-electron chi connectivity index (χ0n) is 8.67. The van der Waals surface area contributed by atoms with E-state index in [0.717, 1.165) is 40.4 Å². The van der Waals surface area contributed by atoms with Crippen LogP contribution >= 0.6 is 31.9 Å². The summed E-state index contributed by atoms with van der Waals surface area (Å²) in [5.74, 6) is 0.600. The van der Waals surface area contributed by atoms with E-state index in [2.05, 4.69) is 37.9 Å². The molecule has 2 nitrogen and oxygen atoms in total. The first-order chi connectivity index (χ1) is 7.66. The van der Waals surface area contributed by atoms with Gasteiger partial charge in [0, 0.05) is 21.4 Å². The van der Waals surface area contributed by atoms with Crippen LogP contribution in [0.25, 0.3) is 0 Å². The van der Waals surface area contributed by atoms with Crippen molar-refractivity contribution in [3.63, 3.8) is 0 Å². The molecule has 0 atom stereocenters. The van der Waals surface area contributed by atoms with Crippen molar-refractivity contribution >= 4 is 43.5 Å². The van der Waals surface area contributed by atoms with Gasteiger partial charge in [-0.2, -0.15) is 0 Å². The molecular formula is C12H11Br2NO. The zero-order valence-corrected chi connectivity index (χ0v) is 11.8. The minimum Gasteiger partial charge on any atom is -0.310 e. The number of hydrogen-bond donors (Lipinski definition) is 0. The summed E-state index contributed by atoms with van der Waals surface area (Å²) in [5, 5.41) is 0. The number of hydrogen-bond acceptors (Lipinski definition) is 1. The van der Waals surface area contributed by atoms with Crippen LogP contribution in [0.2, 0.25) is 0 Å². The Morgan fingerprint density at radius 3 is 2.75 bits per heavy atom. The van der Waals surface area contributed by atoms with Crippen molar-refractivity contribution in [2.75, 3.05) is 11.4 Å². The van der Waals surface area contributed by atoms with Gasteiger partial charge < -0.3 is 4.90 Å². The molecule has 16 heavy (non-hydrogen) atoms. The number of fused-ring (bicyclic) bond motifs is 1. The molecule has 1 aromatic rings. The van der Waals surface area contributed by atoms with E-state index in [0.29, 0.717) is 11.8 Å². The molecule has 0 saturated heterocycles. The predicted octanol–water partition coefficient (Wildman–Crippen LogP) is 3.51. The molecule has 1 aliphatic carbocycles.